The molecule has 144 valence electrons. The van der Waals surface area contributed by atoms with E-state index >= 15 is 0 Å². The van der Waals surface area contributed by atoms with Crippen molar-refractivity contribution in [3.05, 3.63) is 50.6 Å². The molecule has 2 atom stereocenters. The fourth-order valence-electron chi connectivity index (χ4n) is 2.18. The summed E-state index contributed by atoms with van der Waals surface area (Å²) in [4.78, 5) is 10.9. The van der Waals surface area contributed by atoms with Crippen molar-refractivity contribution in [2.45, 2.75) is 75.1 Å². The standard InChI is InChI=1S/C7H12OS.2C7H12O/c1-5-3-7(8)4-6(2)9-5;2*1-3-5-7(8)6-4-2/h5-6H,3-4H2,1-2H3;2*3-4,7-8H,1-2,5-6H2. The van der Waals surface area contributed by atoms with E-state index in [1.807, 2.05) is 11.8 Å². The van der Waals surface area contributed by atoms with Gasteiger partial charge < -0.3 is 10.2 Å². The highest BCUT2D eigenvalue weighted by Crippen LogP contribution is 2.28. The number of aliphatic hydroxyl groups is 2. The number of carbonyl (C=O) groups is 1. The Morgan fingerprint density at radius 3 is 1.36 bits per heavy atom. The van der Waals surface area contributed by atoms with Crippen molar-refractivity contribution in [2.75, 3.05) is 0 Å². The van der Waals surface area contributed by atoms with Gasteiger partial charge >= 0.3 is 0 Å². The van der Waals surface area contributed by atoms with E-state index < -0.39 is 0 Å². The minimum Gasteiger partial charge on any atom is -0.392 e. The van der Waals surface area contributed by atoms with Crippen molar-refractivity contribution < 1.29 is 15.0 Å². The van der Waals surface area contributed by atoms with Gasteiger partial charge in [0.05, 0.1) is 12.2 Å². The predicted molar refractivity (Wildman–Crippen MR) is 112 cm³/mol. The van der Waals surface area contributed by atoms with Gasteiger partial charge in [0.2, 0.25) is 0 Å². The lowest BCUT2D eigenvalue weighted by Crippen LogP contribution is -2.20. The van der Waals surface area contributed by atoms with Gasteiger partial charge in [-0.3, -0.25) is 4.79 Å². The Morgan fingerprint density at radius 2 is 1.16 bits per heavy atom. The molecule has 1 aliphatic heterocycles. The van der Waals surface area contributed by atoms with Gasteiger partial charge in [-0.1, -0.05) is 38.2 Å². The van der Waals surface area contributed by atoms with E-state index in [2.05, 4.69) is 40.2 Å². The van der Waals surface area contributed by atoms with Crippen LogP contribution in [-0.4, -0.2) is 38.7 Å². The molecule has 0 saturated carbocycles. The summed E-state index contributed by atoms with van der Waals surface area (Å²) >= 11 is 1.92. The van der Waals surface area contributed by atoms with Gasteiger partial charge in [-0.15, -0.1) is 26.3 Å². The molecule has 1 saturated heterocycles. The van der Waals surface area contributed by atoms with E-state index in [4.69, 9.17) is 10.2 Å². The predicted octanol–water partition coefficient (Wildman–Crippen LogP) is 4.86. The van der Waals surface area contributed by atoms with Crippen LogP contribution in [0.15, 0.2) is 50.6 Å². The number of ketones is 1. The van der Waals surface area contributed by atoms with Crippen LogP contribution >= 0.6 is 11.8 Å². The summed E-state index contributed by atoms with van der Waals surface area (Å²) in [7, 11) is 0. The van der Waals surface area contributed by atoms with Crippen molar-refractivity contribution in [3.63, 3.8) is 0 Å². The molecule has 1 heterocycles. The smallest absolute Gasteiger partial charge is 0.135 e. The summed E-state index contributed by atoms with van der Waals surface area (Å²) < 4.78 is 0. The van der Waals surface area contributed by atoms with Gasteiger partial charge in [-0.2, -0.15) is 11.8 Å². The Bertz CT molecular complexity index is 339. The van der Waals surface area contributed by atoms with Crippen LogP contribution in [0.25, 0.3) is 0 Å². The Kier molecular flexibility index (Phi) is 18.5. The zero-order valence-corrected chi connectivity index (χ0v) is 16.7. The van der Waals surface area contributed by atoms with E-state index in [0.29, 0.717) is 42.0 Å². The van der Waals surface area contributed by atoms with Crippen LogP contribution in [0.3, 0.4) is 0 Å². The van der Waals surface area contributed by atoms with Crippen LogP contribution in [0, 0.1) is 0 Å². The van der Waals surface area contributed by atoms with E-state index in [1.54, 1.807) is 24.3 Å². The first kappa shape index (κ1) is 26.1. The van der Waals surface area contributed by atoms with Crippen molar-refractivity contribution in [2.24, 2.45) is 0 Å². The maximum atomic E-state index is 10.9. The normalized spacial score (nSPS) is 19.2. The lowest BCUT2D eigenvalue weighted by molar-refractivity contribution is -0.119. The molecule has 0 aromatic carbocycles. The monoisotopic (exact) mass is 368 g/mol. The van der Waals surface area contributed by atoms with Crippen LogP contribution in [0.4, 0.5) is 0 Å². The minimum absolute atomic E-state index is 0.273. The Morgan fingerprint density at radius 1 is 0.880 bits per heavy atom. The Labute approximate surface area is 158 Å². The van der Waals surface area contributed by atoms with Gasteiger partial charge in [0.25, 0.3) is 0 Å². The fraction of sp³-hybridized carbons (Fsp3) is 0.571. The fourth-order valence-corrected chi connectivity index (χ4v) is 3.54. The SMILES string of the molecule is C=CCC(O)CC=C.C=CCC(O)CC=C.CC1CC(=O)CC(C)S1. The van der Waals surface area contributed by atoms with E-state index in [9.17, 15) is 4.79 Å². The second-order valence-electron chi connectivity index (χ2n) is 6.11. The lowest BCUT2D eigenvalue weighted by Gasteiger charge is -2.21. The topological polar surface area (TPSA) is 57.5 Å². The maximum Gasteiger partial charge on any atom is 0.135 e. The van der Waals surface area contributed by atoms with Gasteiger partial charge in [0, 0.05) is 23.3 Å². The molecular formula is C21H36O3S. The number of thioether (sulfide) groups is 1. The molecule has 1 aliphatic rings. The van der Waals surface area contributed by atoms with Crippen molar-refractivity contribution in [1.82, 2.24) is 0 Å². The summed E-state index contributed by atoms with van der Waals surface area (Å²) in [6.45, 7) is 18.2. The number of hydrogen-bond acceptors (Lipinski definition) is 4. The molecule has 25 heavy (non-hydrogen) atoms. The zero-order chi connectivity index (χ0) is 19.7. The Hall–Kier alpha value is -1.10. The van der Waals surface area contributed by atoms with Gasteiger partial charge in [-0.25, -0.2) is 0 Å². The van der Waals surface area contributed by atoms with E-state index in [1.165, 1.54) is 0 Å². The lowest BCUT2D eigenvalue weighted by atomic mass is 10.1. The highest BCUT2D eigenvalue weighted by Gasteiger charge is 2.21. The number of carbonyl (C=O) groups excluding carboxylic acids is 1. The summed E-state index contributed by atoms with van der Waals surface area (Å²) in [6, 6.07) is 0. The summed E-state index contributed by atoms with van der Waals surface area (Å²) in [5, 5.41) is 18.9. The van der Waals surface area contributed by atoms with Crippen LogP contribution < -0.4 is 0 Å². The van der Waals surface area contributed by atoms with Gasteiger partial charge in [-0.05, 0) is 25.7 Å². The van der Waals surface area contributed by atoms with Crippen molar-refractivity contribution in [1.29, 1.82) is 0 Å². The van der Waals surface area contributed by atoms with Crippen LogP contribution in [-0.2, 0) is 4.79 Å². The summed E-state index contributed by atoms with van der Waals surface area (Å²) in [5.74, 6) is 0.439. The number of hydrogen-bond donors (Lipinski definition) is 2. The van der Waals surface area contributed by atoms with Gasteiger partial charge in [0.1, 0.15) is 5.78 Å². The number of rotatable bonds is 8. The molecule has 0 radical (unpaired) electrons. The second-order valence-corrected chi connectivity index (χ2v) is 7.99. The molecule has 2 N–H and O–H groups in total. The van der Waals surface area contributed by atoms with E-state index in [-0.39, 0.29) is 12.2 Å². The molecule has 4 heteroatoms. The second kappa shape index (κ2) is 17.7. The third-order valence-electron chi connectivity index (χ3n) is 3.25. The third kappa shape index (κ3) is 19.1. The third-order valence-corrected chi connectivity index (χ3v) is 4.51. The summed E-state index contributed by atoms with van der Waals surface area (Å²) in [6.07, 6.45) is 10.5. The van der Waals surface area contributed by atoms with Crippen molar-refractivity contribution in [3.8, 4) is 0 Å². The van der Waals surface area contributed by atoms with Crippen LogP contribution in [0.5, 0.6) is 0 Å². The molecule has 0 amide bonds. The highest BCUT2D eigenvalue weighted by atomic mass is 32.2. The number of Topliss-reactive ketones (excluding diaryl/α,β-unsaturated/α-hetero) is 1. The summed E-state index contributed by atoms with van der Waals surface area (Å²) in [5.41, 5.74) is 0. The highest BCUT2D eigenvalue weighted by molar-refractivity contribution is 8.00. The largest absolute Gasteiger partial charge is 0.392 e. The molecule has 1 rings (SSSR count). The molecule has 0 aromatic heterocycles. The van der Waals surface area contributed by atoms with Crippen LogP contribution in [0.2, 0.25) is 0 Å². The number of aliphatic hydroxyl groups excluding tert-OH is 2. The minimum atomic E-state index is -0.273. The average molecular weight is 369 g/mol. The molecule has 2 unspecified atom stereocenters. The first-order chi connectivity index (χ1) is 11.8. The molecule has 3 nitrogen and oxygen atoms in total. The average Bonchev–Trinajstić information content (AvgIpc) is 2.48. The zero-order valence-electron chi connectivity index (χ0n) is 15.9. The quantitative estimate of drug-likeness (QED) is 0.601. The first-order valence-corrected chi connectivity index (χ1v) is 9.71. The van der Waals surface area contributed by atoms with E-state index in [0.717, 1.165) is 12.8 Å². The molecule has 0 bridgehead atoms. The molecule has 0 aliphatic carbocycles. The van der Waals surface area contributed by atoms with Crippen LogP contribution in [0.1, 0.15) is 52.4 Å². The molecule has 1 fully saturated rings. The molecule has 0 spiro atoms. The Balaban J connectivity index is 0. The van der Waals surface area contributed by atoms with Crippen molar-refractivity contribution >= 4 is 17.5 Å². The first-order valence-electron chi connectivity index (χ1n) is 8.77. The van der Waals surface area contributed by atoms with Gasteiger partial charge in [0.15, 0.2) is 0 Å². The molecule has 0 aromatic rings. The molecular weight excluding hydrogens is 332 g/mol. The maximum absolute atomic E-state index is 10.9.